The van der Waals surface area contributed by atoms with Gasteiger partial charge in [0, 0.05) is 19.1 Å². The molecule has 1 heterocycles. The molecule has 0 radical (unpaired) electrons. The van der Waals surface area contributed by atoms with E-state index in [9.17, 15) is 4.79 Å². The minimum atomic E-state index is 0.213. The molecular weight excluding hydrogens is 260 g/mol. The quantitative estimate of drug-likeness (QED) is 0.920. The van der Waals surface area contributed by atoms with Gasteiger partial charge in [0.25, 0.3) is 0 Å². The molecule has 1 aliphatic heterocycles. The highest BCUT2D eigenvalue weighted by molar-refractivity contribution is 5.90. The predicted octanol–water partition coefficient (Wildman–Crippen LogP) is 2.58. The molecule has 0 spiro atoms. The molecule has 1 saturated heterocycles. The molecule has 2 N–H and O–H groups in total. The first-order valence-corrected chi connectivity index (χ1v) is 7.65. The van der Waals surface area contributed by atoms with Gasteiger partial charge in [-0.05, 0) is 28.7 Å². The molecule has 3 rings (SSSR count). The number of hydrogen-bond acceptors (Lipinski definition) is 2. The van der Waals surface area contributed by atoms with Crippen LogP contribution in [0.5, 0.6) is 0 Å². The Hall–Kier alpha value is -1.87. The average Bonchev–Trinajstić information content (AvgIpc) is 2.50. The number of benzene rings is 2. The third-order valence-electron chi connectivity index (χ3n) is 4.55. The summed E-state index contributed by atoms with van der Waals surface area (Å²) in [5.41, 5.74) is 7.14. The summed E-state index contributed by atoms with van der Waals surface area (Å²) in [7, 11) is 0. The fourth-order valence-electron chi connectivity index (χ4n) is 3.11. The minimum absolute atomic E-state index is 0.213. The van der Waals surface area contributed by atoms with Crippen LogP contribution in [0.25, 0.3) is 10.8 Å². The zero-order valence-corrected chi connectivity index (χ0v) is 12.5. The van der Waals surface area contributed by atoms with Gasteiger partial charge in [-0.15, -0.1) is 0 Å². The van der Waals surface area contributed by atoms with Crippen LogP contribution >= 0.6 is 0 Å². The third-order valence-corrected chi connectivity index (χ3v) is 4.55. The molecule has 0 saturated carbocycles. The van der Waals surface area contributed by atoms with Gasteiger partial charge in [-0.25, -0.2) is 0 Å². The highest BCUT2D eigenvalue weighted by atomic mass is 16.2. The SMILES string of the molecule is CC1CN(C(=O)Cc2cccc3ccccc23)CCC1N. The van der Waals surface area contributed by atoms with Crippen LogP contribution in [0.1, 0.15) is 18.9 Å². The zero-order valence-electron chi connectivity index (χ0n) is 12.5. The molecular formula is C18H22N2O. The van der Waals surface area contributed by atoms with E-state index < -0.39 is 0 Å². The summed E-state index contributed by atoms with van der Waals surface area (Å²) in [5, 5.41) is 2.37. The number of amides is 1. The molecule has 0 aromatic heterocycles. The summed E-state index contributed by atoms with van der Waals surface area (Å²) in [6, 6.07) is 14.6. The zero-order chi connectivity index (χ0) is 14.8. The monoisotopic (exact) mass is 282 g/mol. The van der Waals surface area contributed by atoms with Crippen molar-refractivity contribution in [1.29, 1.82) is 0 Å². The lowest BCUT2D eigenvalue weighted by molar-refractivity contribution is -0.132. The normalized spacial score (nSPS) is 22.5. The second-order valence-corrected chi connectivity index (χ2v) is 6.08. The van der Waals surface area contributed by atoms with Crippen molar-refractivity contribution in [2.75, 3.05) is 13.1 Å². The molecule has 2 aromatic rings. The molecule has 1 aliphatic rings. The van der Waals surface area contributed by atoms with Gasteiger partial charge in [0.05, 0.1) is 6.42 Å². The summed E-state index contributed by atoms with van der Waals surface area (Å²) in [6.45, 7) is 3.70. The van der Waals surface area contributed by atoms with E-state index in [4.69, 9.17) is 5.73 Å². The molecule has 0 aliphatic carbocycles. The highest BCUT2D eigenvalue weighted by Gasteiger charge is 2.26. The van der Waals surface area contributed by atoms with Crippen LogP contribution in [0, 0.1) is 5.92 Å². The molecule has 0 bridgehead atoms. The maximum atomic E-state index is 12.5. The van der Waals surface area contributed by atoms with Gasteiger partial charge in [-0.2, -0.15) is 0 Å². The van der Waals surface area contributed by atoms with E-state index in [1.807, 2.05) is 23.1 Å². The summed E-state index contributed by atoms with van der Waals surface area (Å²) >= 11 is 0. The molecule has 2 aromatic carbocycles. The number of piperidine rings is 1. The van der Waals surface area contributed by atoms with E-state index in [1.165, 1.54) is 10.8 Å². The maximum Gasteiger partial charge on any atom is 0.227 e. The van der Waals surface area contributed by atoms with Crippen molar-refractivity contribution < 1.29 is 4.79 Å². The summed E-state index contributed by atoms with van der Waals surface area (Å²) < 4.78 is 0. The third kappa shape index (κ3) is 2.93. The van der Waals surface area contributed by atoms with Crippen LogP contribution < -0.4 is 5.73 Å². The second-order valence-electron chi connectivity index (χ2n) is 6.08. The Labute approximate surface area is 125 Å². The first-order valence-electron chi connectivity index (χ1n) is 7.65. The number of hydrogen-bond donors (Lipinski definition) is 1. The van der Waals surface area contributed by atoms with Crippen LogP contribution in [-0.4, -0.2) is 29.9 Å². The molecule has 21 heavy (non-hydrogen) atoms. The van der Waals surface area contributed by atoms with Gasteiger partial charge in [-0.3, -0.25) is 4.79 Å². The van der Waals surface area contributed by atoms with Gasteiger partial charge in [0.2, 0.25) is 5.91 Å². The van der Waals surface area contributed by atoms with Crippen LogP contribution in [0.15, 0.2) is 42.5 Å². The average molecular weight is 282 g/mol. The van der Waals surface area contributed by atoms with Crippen molar-refractivity contribution in [2.24, 2.45) is 11.7 Å². The highest BCUT2D eigenvalue weighted by Crippen LogP contribution is 2.21. The van der Waals surface area contributed by atoms with Gasteiger partial charge >= 0.3 is 0 Å². The van der Waals surface area contributed by atoms with Crippen molar-refractivity contribution in [3.05, 3.63) is 48.0 Å². The van der Waals surface area contributed by atoms with E-state index in [0.717, 1.165) is 25.1 Å². The van der Waals surface area contributed by atoms with Crippen molar-refractivity contribution >= 4 is 16.7 Å². The lowest BCUT2D eigenvalue weighted by atomic mass is 9.94. The molecule has 3 heteroatoms. The summed E-state index contributed by atoms with van der Waals surface area (Å²) in [5.74, 6) is 0.598. The number of nitrogens with zero attached hydrogens (tertiary/aromatic N) is 1. The number of carbonyl (C=O) groups is 1. The Balaban J connectivity index is 1.78. The summed E-state index contributed by atoms with van der Waals surface area (Å²) in [4.78, 5) is 14.5. The van der Waals surface area contributed by atoms with Gasteiger partial charge < -0.3 is 10.6 Å². The van der Waals surface area contributed by atoms with E-state index in [0.29, 0.717) is 12.3 Å². The fourth-order valence-corrected chi connectivity index (χ4v) is 3.11. The van der Waals surface area contributed by atoms with Crippen molar-refractivity contribution in [1.82, 2.24) is 4.90 Å². The smallest absolute Gasteiger partial charge is 0.227 e. The Morgan fingerprint density at radius 1 is 1.24 bits per heavy atom. The Morgan fingerprint density at radius 2 is 2.00 bits per heavy atom. The Bertz CT molecular complexity index is 647. The largest absolute Gasteiger partial charge is 0.342 e. The molecule has 2 unspecified atom stereocenters. The Morgan fingerprint density at radius 3 is 2.81 bits per heavy atom. The van der Waals surface area contributed by atoms with Crippen LogP contribution in [0.3, 0.4) is 0 Å². The van der Waals surface area contributed by atoms with Gasteiger partial charge in [-0.1, -0.05) is 49.4 Å². The number of rotatable bonds is 2. The van der Waals surface area contributed by atoms with E-state index in [-0.39, 0.29) is 11.9 Å². The first-order chi connectivity index (χ1) is 10.1. The molecule has 3 nitrogen and oxygen atoms in total. The van der Waals surface area contributed by atoms with Gasteiger partial charge in [0.15, 0.2) is 0 Å². The predicted molar refractivity (Wildman–Crippen MR) is 86.0 cm³/mol. The van der Waals surface area contributed by atoms with Crippen LogP contribution in [0.2, 0.25) is 0 Å². The molecule has 110 valence electrons. The standard InChI is InChI=1S/C18H22N2O/c1-13-12-20(10-9-17(13)19)18(21)11-15-7-4-6-14-5-2-3-8-16(14)15/h2-8,13,17H,9-12,19H2,1H3. The van der Waals surface area contributed by atoms with Crippen molar-refractivity contribution in [2.45, 2.75) is 25.8 Å². The number of fused-ring (bicyclic) bond motifs is 1. The topological polar surface area (TPSA) is 46.3 Å². The van der Waals surface area contributed by atoms with Crippen LogP contribution in [-0.2, 0) is 11.2 Å². The first kappa shape index (κ1) is 14.1. The molecule has 2 atom stereocenters. The van der Waals surface area contributed by atoms with E-state index in [2.05, 4.69) is 31.2 Å². The van der Waals surface area contributed by atoms with Crippen LogP contribution in [0.4, 0.5) is 0 Å². The Kier molecular flexibility index (Phi) is 3.93. The fraction of sp³-hybridized carbons (Fsp3) is 0.389. The number of likely N-dealkylation sites (tertiary alicyclic amines) is 1. The lowest BCUT2D eigenvalue weighted by Gasteiger charge is -2.35. The van der Waals surface area contributed by atoms with E-state index in [1.54, 1.807) is 0 Å². The van der Waals surface area contributed by atoms with Gasteiger partial charge in [0.1, 0.15) is 0 Å². The minimum Gasteiger partial charge on any atom is -0.342 e. The lowest BCUT2D eigenvalue weighted by Crippen LogP contribution is -2.48. The second kappa shape index (κ2) is 5.86. The molecule has 1 amide bonds. The van der Waals surface area contributed by atoms with E-state index >= 15 is 0 Å². The van der Waals surface area contributed by atoms with Crippen molar-refractivity contribution in [3.63, 3.8) is 0 Å². The summed E-state index contributed by atoms with van der Waals surface area (Å²) in [6.07, 6.45) is 1.38. The maximum absolute atomic E-state index is 12.5. The number of carbonyl (C=O) groups excluding carboxylic acids is 1. The molecule has 1 fully saturated rings. The number of nitrogens with two attached hydrogens (primary N) is 1. The van der Waals surface area contributed by atoms with Crippen molar-refractivity contribution in [3.8, 4) is 0 Å².